The van der Waals surface area contributed by atoms with Crippen molar-refractivity contribution in [3.8, 4) is 0 Å². The van der Waals surface area contributed by atoms with Gasteiger partial charge in [0.05, 0.1) is 5.69 Å². The molecule has 0 spiro atoms. The molecule has 0 radical (unpaired) electrons. The van der Waals surface area contributed by atoms with Crippen LogP contribution in [0.25, 0.3) is 0 Å². The van der Waals surface area contributed by atoms with Crippen LogP contribution in [0.5, 0.6) is 0 Å². The molecule has 5 heteroatoms. The van der Waals surface area contributed by atoms with Crippen molar-refractivity contribution in [2.24, 2.45) is 5.92 Å². The van der Waals surface area contributed by atoms with Crippen LogP contribution in [-0.2, 0) is 17.8 Å². The molecule has 0 aromatic carbocycles. The van der Waals surface area contributed by atoms with Crippen LogP contribution in [-0.4, -0.2) is 16.6 Å². The van der Waals surface area contributed by atoms with Gasteiger partial charge in [-0.15, -0.1) is 0 Å². The summed E-state index contributed by atoms with van der Waals surface area (Å²) in [5, 5.41) is 0. The second kappa shape index (κ2) is 6.15. The topological polar surface area (TPSA) is 55.0 Å². The molecular weight excluding hydrogens is 272 g/mol. The number of aromatic nitrogens is 2. The van der Waals surface area contributed by atoms with Gasteiger partial charge in [0.1, 0.15) is 16.9 Å². The van der Waals surface area contributed by atoms with Gasteiger partial charge in [-0.2, -0.15) is 0 Å². The smallest absolute Gasteiger partial charge is 0.265 e. The molecule has 1 aromatic rings. The quantitative estimate of drug-likeness (QED) is 0.904. The maximum atomic E-state index is 11.6. The average molecular weight is 289 g/mol. The van der Waals surface area contributed by atoms with Gasteiger partial charge < -0.3 is 9.72 Å². The molecule has 0 aliphatic heterocycles. The maximum Gasteiger partial charge on any atom is 0.265 e. The summed E-state index contributed by atoms with van der Waals surface area (Å²) >= 11 is 3.26. The van der Waals surface area contributed by atoms with E-state index in [4.69, 9.17) is 4.74 Å². The van der Waals surface area contributed by atoms with E-state index < -0.39 is 0 Å². The summed E-state index contributed by atoms with van der Waals surface area (Å²) in [6.45, 7) is 7.06. The van der Waals surface area contributed by atoms with Crippen molar-refractivity contribution in [3.63, 3.8) is 0 Å². The number of halogens is 1. The fourth-order valence-corrected chi connectivity index (χ4v) is 1.70. The largest absolute Gasteiger partial charge is 0.374 e. The normalized spacial score (nSPS) is 11.1. The van der Waals surface area contributed by atoms with E-state index in [-0.39, 0.29) is 5.56 Å². The van der Waals surface area contributed by atoms with E-state index >= 15 is 0 Å². The lowest BCUT2D eigenvalue weighted by atomic mass is 10.1. The Morgan fingerprint density at radius 3 is 2.75 bits per heavy atom. The van der Waals surface area contributed by atoms with E-state index in [0.717, 1.165) is 12.1 Å². The molecule has 0 aliphatic carbocycles. The molecule has 0 bridgehead atoms. The second-order valence-electron chi connectivity index (χ2n) is 4.01. The number of rotatable bonds is 5. The standard InChI is InChI=1S/C11H17BrN2O2/c1-4-16-6-9-13-8(5-7(2)3)10(12)11(15)14-9/h7H,4-6H2,1-3H3,(H,13,14,15). The lowest BCUT2D eigenvalue weighted by Gasteiger charge is -2.08. The first-order valence-electron chi connectivity index (χ1n) is 5.39. The SMILES string of the molecule is CCOCc1nc(CC(C)C)c(Br)c(=O)[nH]1. The third-order valence-corrected chi connectivity index (χ3v) is 2.84. The molecular formula is C11H17BrN2O2. The first kappa shape index (κ1) is 13.4. The Morgan fingerprint density at radius 1 is 1.50 bits per heavy atom. The molecule has 0 atom stereocenters. The molecule has 0 fully saturated rings. The van der Waals surface area contributed by atoms with Gasteiger partial charge in [-0.3, -0.25) is 4.79 Å². The fourth-order valence-electron chi connectivity index (χ4n) is 1.35. The molecule has 90 valence electrons. The number of hydrogen-bond donors (Lipinski definition) is 1. The summed E-state index contributed by atoms with van der Waals surface area (Å²) in [5.74, 6) is 1.05. The van der Waals surface area contributed by atoms with E-state index in [0.29, 0.717) is 29.4 Å². The molecule has 1 rings (SSSR count). The van der Waals surface area contributed by atoms with Gasteiger partial charge in [0.25, 0.3) is 5.56 Å². The Bertz CT molecular complexity index is 401. The zero-order chi connectivity index (χ0) is 12.1. The minimum atomic E-state index is -0.139. The van der Waals surface area contributed by atoms with Crippen LogP contribution in [0.15, 0.2) is 9.27 Å². The van der Waals surface area contributed by atoms with Gasteiger partial charge in [-0.05, 0) is 35.2 Å². The Labute approximate surface area is 104 Å². The zero-order valence-corrected chi connectivity index (χ0v) is 11.4. The van der Waals surface area contributed by atoms with Gasteiger partial charge in [-0.1, -0.05) is 13.8 Å². The summed E-state index contributed by atoms with van der Waals surface area (Å²) in [6, 6.07) is 0. The van der Waals surface area contributed by atoms with Gasteiger partial charge in [0, 0.05) is 6.61 Å². The number of ether oxygens (including phenoxy) is 1. The molecule has 0 aliphatic rings. The summed E-state index contributed by atoms with van der Waals surface area (Å²) < 4.78 is 5.76. The first-order valence-corrected chi connectivity index (χ1v) is 6.19. The predicted octanol–water partition coefficient (Wildman–Crippen LogP) is 2.27. The van der Waals surface area contributed by atoms with Crippen molar-refractivity contribution in [1.29, 1.82) is 0 Å². The Hall–Kier alpha value is -0.680. The summed E-state index contributed by atoms with van der Waals surface area (Å²) in [4.78, 5) is 18.7. The lowest BCUT2D eigenvalue weighted by Crippen LogP contribution is -2.17. The third-order valence-electron chi connectivity index (χ3n) is 2.02. The highest BCUT2D eigenvalue weighted by Crippen LogP contribution is 2.13. The molecule has 1 aromatic heterocycles. The Kier molecular flexibility index (Phi) is 5.15. The van der Waals surface area contributed by atoms with Crippen LogP contribution in [0, 0.1) is 5.92 Å². The highest BCUT2D eigenvalue weighted by atomic mass is 79.9. The molecule has 4 nitrogen and oxygen atoms in total. The van der Waals surface area contributed by atoms with Crippen LogP contribution >= 0.6 is 15.9 Å². The molecule has 16 heavy (non-hydrogen) atoms. The number of aromatic amines is 1. The molecule has 0 saturated heterocycles. The summed E-state index contributed by atoms with van der Waals surface area (Å²) in [6.07, 6.45) is 0.781. The van der Waals surface area contributed by atoms with E-state index in [1.807, 2.05) is 6.92 Å². The minimum absolute atomic E-state index is 0.139. The average Bonchev–Trinajstić information content (AvgIpc) is 2.21. The van der Waals surface area contributed by atoms with Crippen molar-refractivity contribution >= 4 is 15.9 Å². The molecule has 0 amide bonds. The van der Waals surface area contributed by atoms with E-state index in [1.54, 1.807) is 0 Å². The number of nitrogens with zero attached hydrogens (tertiary/aromatic N) is 1. The van der Waals surface area contributed by atoms with Gasteiger partial charge in [0.2, 0.25) is 0 Å². The zero-order valence-electron chi connectivity index (χ0n) is 9.84. The van der Waals surface area contributed by atoms with Crippen LogP contribution in [0.2, 0.25) is 0 Å². The van der Waals surface area contributed by atoms with Crippen molar-refractivity contribution in [3.05, 3.63) is 26.3 Å². The monoisotopic (exact) mass is 288 g/mol. The third kappa shape index (κ3) is 3.72. The highest BCUT2D eigenvalue weighted by molar-refractivity contribution is 9.10. The van der Waals surface area contributed by atoms with E-state index in [2.05, 4.69) is 39.7 Å². The van der Waals surface area contributed by atoms with E-state index in [9.17, 15) is 4.79 Å². The number of hydrogen-bond acceptors (Lipinski definition) is 3. The maximum absolute atomic E-state index is 11.6. The number of H-pyrrole nitrogens is 1. The molecule has 1 heterocycles. The molecule has 0 saturated carbocycles. The molecule has 1 N–H and O–H groups in total. The second-order valence-corrected chi connectivity index (χ2v) is 4.80. The van der Waals surface area contributed by atoms with Gasteiger partial charge >= 0.3 is 0 Å². The molecule has 0 unspecified atom stereocenters. The van der Waals surface area contributed by atoms with Crippen LogP contribution in [0.1, 0.15) is 32.3 Å². The highest BCUT2D eigenvalue weighted by Gasteiger charge is 2.10. The van der Waals surface area contributed by atoms with Crippen molar-refractivity contribution in [2.45, 2.75) is 33.8 Å². The lowest BCUT2D eigenvalue weighted by molar-refractivity contribution is 0.128. The van der Waals surface area contributed by atoms with Crippen LogP contribution in [0.3, 0.4) is 0 Å². The first-order chi connectivity index (χ1) is 7.54. The Morgan fingerprint density at radius 2 is 2.19 bits per heavy atom. The van der Waals surface area contributed by atoms with Crippen LogP contribution in [0.4, 0.5) is 0 Å². The summed E-state index contributed by atoms with van der Waals surface area (Å²) in [7, 11) is 0. The van der Waals surface area contributed by atoms with Crippen molar-refractivity contribution < 1.29 is 4.74 Å². The van der Waals surface area contributed by atoms with Crippen molar-refractivity contribution in [1.82, 2.24) is 9.97 Å². The van der Waals surface area contributed by atoms with Crippen molar-refractivity contribution in [2.75, 3.05) is 6.61 Å². The summed E-state index contributed by atoms with van der Waals surface area (Å²) in [5.41, 5.74) is 0.661. The van der Waals surface area contributed by atoms with Gasteiger partial charge in [-0.25, -0.2) is 4.98 Å². The van der Waals surface area contributed by atoms with Gasteiger partial charge in [0.15, 0.2) is 0 Å². The minimum Gasteiger partial charge on any atom is -0.374 e. The Balaban J connectivity index is 2.97. The number of nitrogens with one attached hydrogen (secondary N) is 1. The van der Waals surface area contributed by atoms with E-state index in [1.165, 1.54) is 0 Å². The fraction of sp³-hybridized carbons (Fsp3) is 0.636. The van der Waals surface area contributed by atoms with Crippen LogP contribution < -0.4 is 5.56 Å². The predicted molar refractivity (Wildman–Crippen MR) is 66.4 cm³/mol.